The molecular weight excluding hydrogens is 778 g/mol. The molecule has 0 spiro atoms. The number of hydrogen-bond donors (Lipinski definition) is 3. The lowest BCUT2D eigenvalue weighted by Gasteiger charge is -2.39. The maximum Gasteiger partial charge on any atom is 0.293 e. The zero-order valence-electron chi connectivity index (χ0n) is 33.2. The molecule has 18 heteroatoms. The molecule has 4 amide bonds. The lowest BCUT2D eigenvalue weighted by atomic mass is 9.92. The molecule has 3 saturated heterocycles. The number of pyridine rings is 1. The van der Waals surface area contributed by atoms with Gasteiger partial charge in [0.1, 0.15) is 5.02 Å². The summed E-state index contributed by atoms with van der Waals surface area (Å²) in [6.07, 6.45) is 4.25. The SMILES string of the molecule is CNC(=O)COc1cc2cc(Nc3nc(N4CCC(CN5CCN(C(=O)c6ccc7c(C8CCC(=O)NC8=O)nn(C)c7c6)CC5)CC4)ncc3Cl)ccc2n(C)c1=O. The average Bonchev–Trinajstić information content (AvgIpc) is 3.57. The van der Waals surface area contributed by atoms with Crippen LogP contribution in [0.1, 0.15) is 47.7 Å². The third kappa shape index (κ3) is 8.29. The summed E-state index contributed by atoms with van der Waals surface area (Å²) >= 11 is 6.56. The van der Waals surface area contributed by atoms with Crippen molar-refractivity contribution in [2.75, 3.05) is 69.7 Å². The number of halogens is 1. The number of carbonyl (C=O) groups is 4. The first-order valence-corrected chi connectivity index (χ1v) is 20.2. The number of aromatic nitrogens is 5. The molecule has 3 N–H and O–H groups in total. The quantitative estimate of drug-likeness (QED) is 0.175. The number of nitrogens with zero attached hydrogens (tertiary/aromatic N) is 8. The van der Waals surface area contributed by atoms with Crippen LogP contribution >= 0.6 is 11.6 Å². The predicted molar refractivity (Wildman–Crippen MR) is 222 cm³/mol. The number of ether oxygens (including phenoxy) is 1. The molecule has 17 nitrogen and oxygen atoms in total. The van der Waals surface area contributed by atoms with Gasteiger partial charge in [-0.2, -0.15) is 10.1 Å². The van der Waals surface area contributed by atoms with Gasteiger partial charge in [0.2, 0.25) is 17.8 Å². The summed E-state index contributed by atoms with van der Waals surface area (Å²) in [5.74, 6) is 0.176. The summed E-state index contributed by atoms with van der Waals surface area (Å²) in [6.45, 7) is 5.16. The van der Waals surface area contributed by atoms with E-state index < -0.39 is 5.92 Å². The molecule has 1 atom stereocenters. The molecule has 0 saturated carbocycles. The smallest absolute Gasteiger partial charge is 0.293 e. The van der Waals surface area contributed by atoms with Crippen LogP contribution in [0, 0.1) is 5.92 Å². The molecule has 0 bridgehead atoms. The van der Waals surface area contributed by atoms with Gasteiger partial charge < -0.3 is 29.7 Å². The summed E-state index contributed by atoms with van der Waals surface area (Å²) in [4.78, 5) is 78.2. The van der Waals surface area contributed by atoms with Crippen LogP contribution in [0.4, 0.5) is 17.5 Å². The number of carbonyl (C=O) groups excluding carboxylic acids is 4. The van der Waals surface area contributed by atoms with Gasteiger partial charge in [0.15, 0.2) is 18.2 Å². The molecule has 8 rings (SSSR count). The number of nitrogens with one attached hydrogen (secondary N) is 3. The molecule has 1 unspecified atom stereocenters. The maximum atomic E-state index is 13.6. The average molecular weight is 824 g/mol. The minimum atomic E-state index is -0.497. The fourth-order valence-corrected chi connectivity index (χ4v) is 8.35. The number of benzene rings is 2. The fourth-order valence-electron chi connectivity index (χ4n) is 8.21. The highest BCUT2D eigenvalue weighted by Crippen LogP contribution is 2.32. The number of likely N-dealkylation sites (N-methyl/N-ethyl adjacent to an activating group) is 1. The molecule has 3 aliphatic heterocycles. The second-order valence-corrected chi connectivity index (χ2v) is 15.8. The van der Waals surface area contributed by atoms with E-state index in [0.29, 0.717) is 64.7 Å². The van der Waals surface area contributed by atoms with Crippen molar-refractivity contribution in [2.24, 2.45) is 20.0 Å². The van der Waals surface area contributed by atoms with Gasteiger partial charge in [0.25, 0.3) is 17.4 Å². The Bertz CT molecular complexity index is 2520. The van der Waals surface area contributed by atoms with Crippen molar-refractivity contribution in [3.63, 3.8) is 0 Å². The number of hydrogen-bond acceptors (Lipinski definition) is 12. The topological polar surface area (TPSA) is 189 Å². The van der Waals surface area contributed by atoms with Crippen molar-refractivity contribution in [1.29, 1.82) is 0 Å². The Balaban J connectivity index is 0.840. The largest absolute Gasteiger partial charge is 0.478 e. The van der Waals surface area contributed by atoms with Crippen LogP contribution in [0.15, 0.2) is 53.5 Å². The van der Waals surface area contributed by atoms with E-state index in [9.17, 15) is 24.0 Å². The van der Waals surface area contributed by atoms with E-state index in [1.165, 1.54) is 11.6 Å². The Kier molecular flexibility index (Phi) is 11.2. The van der Waals surface area contributed by atoms with Gasteiger partial charge in [-0.05, 0) is 61.6 Å². The second-order valence-electron chi connectivity index (χ2n) is 15.4. The Morgan fingerprint density at radius 3 is 2.47 bits per heavy atom. The first kappa shape index (κ1) is 39.7. The minimum absolute atomic E-state index is 0.0220. The molecule has 3 aliphatic rings. The van der Waals surface area contributed by atoms with Gasteiger partial charge in [0.05, 0.1) is 28.8 Å². The molecule has 3 aromatic heterocycles. The van der Waals surface area contributed by atoms with Crippen molar-refractivity contribution < 1.29 is 23.9 Å². The van der Waals surface area contributed by atoms with E-state index in [4.69, 9.17) is 21.3 Å². The molecule has 3 fully saturated rings. The summed E-state index contributed by atoms with van der Waals surface area (Å²) < 4.78 is 8.69. The highest BCUT2D eigenvalue weighted by Gasteiger charge is 2.32. The summed E-state index contributed by atoms with van der Waals surface area (Å²) in [6, 6.07) is 12.7. The number of amides is 4. The Morgan fingerprint density at radius 2 is 1.73 bits per heavy atom. The van der Waals surface area contributed by atoms with Crippen LogP contribution in [-0.2, 0) is 28.5 Å². The number of piperazine rings is 1. The zero-order chi connectivity index (χ0) is 41.4. The van der Waals surface area contributed by atoms with Gasteiger partial charge in [-0.3, -0.25) is 38.9 Å². The minimum Gasteiger partial charge on any atom is -0.478 e. The van der Waals surface area contributed by atoms with Gasteiger partial charge in [0, 0.05) is 95.4 Å². The molecule has 2 aromatic carbocycles. The summed E-state index contributed by atoms with van der Waals surface area (Å²) in [7, 11) is 4.96. The maximum absolute atomic E-state index is 13.6. The van der Waals surface area contributed by atoms with Crippen LogP contribution < -0.4 is 31.1 Å². The van der Waals surface area contributed by atoms with Crippen molar-refractivity contribution in [3.05, 3.63) is 75.3 Å². The van der Waals surface area contributed by atoms with Crippen LogP contribution in [0.2, 0.25) is 5.02 Å². The van der Waals surface area contributed by atoms with Gasteiger partial charge in [-0.25, -0.2) is 4.98 Å². The molecule has 0 aliphatic carbocycles. The number of piperidine rings is 2. The van der Waals surface area contributed by atoms with Crippen molar-refractivity contribution in [3.8, 4) is 5.75 Å². The monoisotopic (exact) mass is 823 g/mol. The number of anilines is 3. The highest BCUT2D eigenvalue weighted by molar-refractivity contribution is 6.33. The Morgan fingerprint density at radius 1 is 0.949 bits per heavy atom. The molecular formula is C41H46ClN11O6. The van der Waals surface area contributed by atoms with Crippen LogP contribution in [0.5, 0.6) is 5.75 Å². The van der Waals surface area contributed by atoms with Gasteiger partial charge >= 0.3 is 0 Å². The van der Waals surface area contributed by atoms with E-state index in [0.717, 1.165) is 61.9 Å². The van der Waals surface area contributed by atoms with E-state index in [2.05, 4.69) is 35.8 Å². The third-order valence-electron chi connectivity index (χ3n) is 11.6. The Hall–Kier alpha value is -6.07. The Labute approximate surface area is 344 Å². The lowest BCUT2D eigenvalue weighted by molar-refractivity contribution is -0.134. The van der Waals surface area contributed by atoms with Crippen LogP contribution in [0.25, 0.3) is 21.8 Å². The van der Waals surface area contributed by atoms with Crippen LogP contribution in [-0.4, -0.2) is 117 Å². The van der Waals surface area contributed by atoms with E-state index in [-0.39, 0.29) is 48.0 Å². The first-order valence-electron chi connectivity index (χ1n) is 19.8. The van der Waals surface area contributed by atoms with Crippen molar-refractivity contribution >= 4 is 74.5 Å². The highest BCUT2D eigenvalue weighted by atomic mass is 35.5. The predicted octanol–water partition coefficient (Wildman–Crippen LogP) is 2.93. The number of aryl methyl sites for hydroxylation is 2. The second kappa shape index (κ2) is 16.7. The third-order valence-corrected chi connectivity index (χ3v) is 11.9. The van der Waals surface area contributed by atoms with Gasteiger partial charge in [-0.15, -0.1) is 0 Å². The standard InChI is InChI=1S/C41H46ClN11O6/c1-43-35(55)23-59-33-20-26-18-27(5-8-31(26)49(2)40(33)58)45-37-30(42)21-44-41(47-37)53-12-10-24(11-13-53)22-51-14-16-52(17-15-51)39(57)25-4-6-28-32(19-25)50(3)48-36(28)29-7-9-34(54)46-38(29)56/h4-6,8,18-21,24,29H,7,9-17,22-23H2,1-3H3,(H,43,55)(H,44,45,47)(H,46,54,56). The molecule has 59 heavy (non-hydrogen) atoms. The van der Waals surface area contributed by atoms with E-state index in [1.54, 1.807) is 31.0 Å². The number of fused-ring (bicyclic) bond motifs is 2. The normalized spacial score (nSPS) is 18.0. The van der Waals surface area contributed by atoms with E-state index >= 15 is 0 Å². The molecule has 0 radical (unpaired) electrons. The van der Waals surface area contributed by atoms with Gasteiger partial charge in [-0.1, -0.05) is 17.7 Å². The lowest BCUT2D eigenvalue weighted by Crippen LogP contribution is -2.50. The molecule has 6 heterocycles. The molecule has 5 aromatic rings. The summed E-state index contributed by atoms with van der Waals surface area (Å²) in [5, 5.41) is 14.7. The first-order chi connectivity index (χ1) is 28.4. The molecule has 308 valence electrons. The fraction of sp³-hybridized carbons (Fsp3) is 0.415. The zero-order valence-corrected chi connectivity index (χ0v) is 33.9. The van der Waals surface area contributed by atoms with E-state index in [1.807, 2.05) is 41.3 Å². The summed E-state index contributed by atoms with van der Waals surface area (Å²) in [5.41, 5.74) is 3.05. The van der Waals surface area contributed by atoms with Crippen molar-refractivity contribution in [1.82, 2.24) is 44.7 Å². The van der Waals surface area contributed by atoms with Crippen LogP contribution in [0.3, 0.4) is 0 Å². The number of imide groups is 1. The van der Waals surface area contributed by atoms with Crippen molar-refractivity contribution in [2.45, 2.75) is 31.6 Å². The number of rotatable bonds is 10.